The second-order valence-corrected chi connectivity index (χ2v) is 2.58. The number of morpholine rings is 1. The Morgan fingerprint density at radius 2 is 2.17 bits per heavy atom. The van der Waals surface area contributed by atoms with Gasteiger partial charge in [0.05, 0.1) is 19.4 Å². The molecule has 0 aliphatic carbocycles. The van der Waals surface area contributed by atoms with Gasteiger partial charge in [-0.3, -0.25) is 0 Å². The lowest BCUT2D eigenvalue weighted by molar-refractivity contribution is 0.122. The highest BCUT2D eigenvalue weighted by molar-refractivity contribution is 5.35. The Kier molecular flexibility index (Phi) is 2.13. The van der Waals surface area contributed by atoms with Crippen LogP contribution in [0.15, 0.2) is 12.3 Å². The van der Waals surface area contributed by atoms with Crippen molar-refractivity contribution >= 4 is 5.82 Å². The van der Waals surface area contributed by atoms with E-state index in [9.17, 15) is 0 Å². The fraction of sp³-hybridized carbons (Fsp3) is 0.571. The first kappa shape index (κ1) is 7.42. The Hall–Kier alpha value is -1.23. The molecule has 1 saturated heterocycles. The highest BCUT2D eigenvalue weighted by atomic mass is 16.5. The van der Waals surface area contributed by atoms with Crippen LogP contribution in [0.3, 0.4) is 0 Å². The molecular weight excluding hydrogens is 156 g/mol. The number of ether oxygens (including phenoxy) is 1. The second-order valence-electron chi connectivity index (χ2n) is 2.58. The summed E-state index contributed by atoms with van der Waals surface area (Å²) in [5, 5.41) is 11.1. The molecule has 2 rings (SSSR count). The molecule has 1 fully saturated rings. The van der Waals surface area contributed by atoms with Gasteiger partial charge in [-0.2, -0.15) is 0 Å². The van der Waals surface area contributed by atoms with Crippen LogP contribution in [-0.4, -0.2) is 41.7 Å². The number of anilines is 1. The van der Waals surface area contributed by atoms with Gasteiger partial charge >= 0.3 is 0 Å². The van der Waals surface area contributed by atoms with Crippen LogP contribution in [0.5, 0.6) is 0 Å². The van der Waals surface area contributed by atoms with Gasteiger partial charge in [-0.1, -0.05) is 0 Å². The molecule has 2 heterocycles. The molecule has 0 unspecified atom stereocenters. The van der Waals surface area contributed by atoms with Crippen LogP contribution >= 0.6 is 0 Å². The minimum absolute atomic E-state index is 0.768. The second kappa shape index (κ2) is 3.44. The first-order chi connectivity index (χ1) is 5.97. The number of aromatic nitrogens is 3. The van der Waals surface area contributed by atoms with Gasteiger partial charge in [0, 0.05) is 19.2 Å². The minimum atomic E-state index is 0.768. The summed E-state index contributed by atoms with van der Waals surface area (Å²) in [4.78, 5) is 2.14. The van der Waals surface area contributed by atoms with E-state index in [4.69, 9.17) is 4.74 Å². The van der Waals surface area contributed by atoms with Crippen molar-refractivity contribution in [3.63, 3.8) is 0 Å². The van der Waals surface area contributed by atoms with E-state index in [-0.39, 0.29) is 0 Å². The summed E-state index contributed by atoms with van der Waals surface area (Å²) < 4.78 is 5.22. The van der Waals surface area contributed by atoms with Gasteiger partial charge < -0.3 is 9.64 Å². The minimum Gasteiger partial charge on any atom is -0.378 e. The summed E-state index contributed by atoms with van der Waals surface area (Å²) in [6, 6.07) is 1.86. The summed E-state index contributed by atoms with van der Waals surface area (Å²) in [7, 11) is 0. The average molecular weight is 166 g/mol. The zero-order valence-electron chi connectivity index (χ0n) is 6.68. The molecule has 0 amide bonds. The van der Waals surface area contributed by atoms with E-state index in [0.29, 0.717) is 0 Å². The van der Waals surface area contributed by atoms with Crippen LogP contribution < -0.4 is 4.90 Å². The normalized spacial score (nSPS) is 17.8. The van der Waals surface area contributed by atoms with E-state index in [1.54, 1.807) is 6.20 Å². The number of rotatable bonds is 1. The maximum absolute atomic E-state index is 5.22. The molecule has 0 saturated carbocycles. The molecule has 0 bridgehead atoms. The molecule has 64 valence electrons. The average Bonchev–Trinajstić information content (AvgIpc) is 2.21. The van der Waals surface area contributed by atoms with E-state index in [2.05, 4.69) is 20.3 Å². The fourth-order valence-corrected chi connectivity index (χ4v) is 1.20. The van der Waals surface area contributed by atoms with Crippen molar-refractivity contribution < 1.29 is 4.74 Å². The van der Waals surface area contributed by atoms with E-state index in [1.165, 1.54) is 0 Å². The molecule has 1 aliphatic heterocycles. The Morgan fingerprint density at radius 3 is 2.83 bits per heavy atom. The van der Waals surface area contributed by atoms with Gasteiger partial charge in [-0.05, 0) is 5.21 Å². The molecular formula is C7H10N4O. The lowest BCUT2D eigenvalue weighted by atomic mass is 10.4. The summed E-state index contributed by atoms with van der Waals surface area (Å²) in [6.07, 6.45) is 1.65. The molecule has 0 radical (unpaired) electrons. The van der Waals surface area contributed by atoms with Crippen molar-refractivity contribution in [2.75, 3.05) is 31.2 Å². The predicted octanol–water partition coefficient (Wildman–Crippen LogP) is -0.292. The van der Waals surface area contributed by atoms with Gasteiger partial charge in [-0.15, -0.1) is 10.2 Å². The highest BCUT2D eigenvalue weighted by Gasteiger charge is 2.11. The van der Waals surface area contributed by atoms with E-state index in [1.807, 2.05) is 6.07 Å². The van der Waals surface area contributed by atoms with Crippen molar-refractivity contribution in [2.24, 2.45) is 0 Å². The van der Waals surface area contributed by atoms with Crippen molar-refractivity contribution in [3.05, 3.63) is 12.3 Å². The van der Waals surface area contributed by atoms with Crippen LogP contribution in [-0.2, 0) is 4.74 Å². The Bertz CT molecular complexity index is 234. The van der Waals surface area contributed by atoms with E-state index < -0.39 is 0 Å². The summed E-state index contributed by atoms with van der Waals surface area (Å²) in [6.45, 7) is 3.31. The van der Waals surface area contributed by atoms with Crippen molar-refractivity contribution in [1.29, 1.82) is 0 Å². The number of nitrogens with zero attached hydrogens (tertiary/aromatic N) is 4. The SMILES string of the molecule is c1cc(N2CCOCC2)nnn1. The monoisotopic (exact) mass is 166 g/mol. The molecule has 0 atom stereocenters. The van der Waals surface area contributed by atoms with E-state index >= 15 is 0 Å². The van der Waals surface area contributed by atoms with Crippen molar-refractivity contribution in [3.8, 4) is 0 Å². The summed E-state index contributed by atoms with van der Waals surface area (Å²) in [5.74, 6) is 0.883. The molecule has 1 aromatic rings. The van der Waals surface area contributed by atoms with Crippen LogP contribution in [0, 0.1) is 0 Å². The standard InChI is InChI=1S/C7H10N4O/c1-2-8-10-9-7(1)11-3-5-12-6-4-11/h1-2H,3-6H2. The molecule has 0 N–H and O–H groups in total. The topological polar surface area (TPSA) is 51.1 Å². The van der Waals surface area contributed by atoms with Crippen LogP contribution in [0.1, 0.15) is 0 Å². The third kappa shape index (κ3) is 1.50. The number of hydrogen-bond donors (Lipinski definition) is 0. The van der Waals surface area contributed by atoms with Gasteiger partial charge in [0.2, 0.25) is 0 Å². The first-order valence-electron chi connectivity index (χ1n) is 3.94. The van der Waals surface area contributed by atoms with Gasteiger partial charge in [0.15, 0.2) is 5.82 Å². The summed E-state index contributed by atoms with van der Waals surface area (Å²) >= 11 is 0. The quantitative estimate of drug-likeness (QED) is 0.573. The third-order valence-electron chi connectivity index (χ3n) is 1.82. The maximum Gasteiger partial charge on any atom is 0.154 e. The van der Waals surface area contributed by atoms with Crippen LogP contribution in [0.2, 0.25) is 0 Å². The molecule has 5 nitrogen and oxygen atoms in total. The van der Waals surface area contributed by atoms with E-state index in [0.717, 1.165) is 32.1 Å². The Labute approximate surface area is 70.4 Å². The first-order valence-corrected chi connectivity index (χ1v) is 3.94. The molecule has 1 aliphatic rings. The zero-order valence-corrected chi connectivity index (χ0v) is 6.68. The third-order valence-corrected chi connectivity index (χ3v) is 1.82. The molecule has 5 heteroatoms. The largest absolute Gasteiger partial charge is 0.378 e. The van der Waals surface area contributed by atoms with Crippen LogP contribution in [0.25, 0.3) is 0 Å². The molecule has 12 heavy (non-hydrogen) atoms. The summed E-state index contributed by atoms with van der Waals surface area (Å²) in [5.41, 5.74) is 0. The Morgan fingerprint density at radius 1 is 1.33 bits per heavy atom. The number of hydrogen-bond acceptors (Lipinski definition) is 5. The lowest BCUT2D eigenvalue weighted by Crippen LogP contribution is -2.36. The maximum atomic E-state index is 5.22. The zero-order chi connectivity index (χ0) is 8.23. The highest BCUT2D eigenvalue weighted by Crippen LogP contribution is 2.08. The smallest absolute Gasteiger partial charge is 0.154 e. The van der Waals surface area contributed by atoms with Gasteiger partial charge in [0.25, 0.3) is 0 Å². The van der Waals surface area contributed by atoms with Gasteiger partial charge in [-0.25, -0.2) is 0 Å². The predicted molar refractivity (Wildman–Crippen MR) is 42.9 cm³/mol. The Balaban J connectivity index is 2.08. The molecule has 0 aromatic carbocycles. The fourth-order valence-electron chi connectivity index (χ4n) is 1.20. The molecule has 1 aromatic heterocycles. The van der Waals surface area contributed by atoms with Gasteiger partial charge in [0.1, 0.15) is 0 Å². The van der Waals surface area contributed by atoms with Crippen molar-refractivity contribution in [1.82, 2.24) is 15.4 Å². The lowest BCUT2D eigenvalue weighted by Gasteiger charge is -2.26. The van der Waals surface area contributed by atoms with Crippen molar-refractivity contribution in [2.45, 2.75) is 0 Å². The van der Waals surface area contributed by atoms with Crippen LogP contribution in [0.4, 0.5) is 5.82 Å². The molecule has 0 spiro atoms.